The van der Waals surface area contributed by atoms with Crippen molar-refractivity contribution in [1.29, 1.82) is 0 Å². The summed E-state index contributed by atoms with van der Waals surface area (Å²) < 4.78 is 12.7. The predicted octanol–water partition coefficient (Wildman–Crippen LogP) is 1.19. The van der Waals surface area contributed by atoms with Crippen molar-refractivity contribution in [3.8, 4) is 0 Å². The van der Waals surface area contributed by atoms with E-state index in [1.165, 1.54) is 16.7 Å². The first kappa shape index (κ1) is 14.6. The fourth-order valence-electron chi connectivity index (χ4n) is 1.42. The third kappa shape index (κ3) is 4.03. The molecule has 1 saturated heterocycles. The molecule has 1 N–H and O–H groups in total. The number of halogens is 2. The smallest absolute Gasteiger partial charge is 0.274 e. The minimum Gasteiger partial charge on any atom is -0.354 e. The van der Waals surface area contributed by atoms with Gasteiger partial charge in [-0.2, -0.15) is 0 Å². The topological polar surface area (TPSA) is 49.4 Å². The lowest BCUT2D eigenvalue weighted by Crippen LogP contribution is -2.49. The van der Waals surface area contributed by atoms with Crippen molar-refractivity contribution in [2.24, 2.45) is 5.92 Å². The molecule has 1 rings (SSSR count). The highest BCUT2D eigenvalue weighted by Gasteiger charge is 2.37. The van der Waals surface area contributed by atoms with Crippen LogP contribution in [0.3, 0.4) is 0 Å². The molecule has 2 atom stereocenters. The summed E-state index contributed by atoms with van der Waals surface area (Å²) in [4.78, 5) is 24.4. The number of hydrogen-bond donors (Lipinski definition) is 1. The van der Waals surface area contributed by atoms with Gasteiger partial charge in [0.05, 0.1) is 5.88 Å². The Morgan fingerprint density at radius 3 is 2.76 bits per heavy atom. The summed E-state index contributed by atoms with van der Waals surface area (Å²) in [6.07, 6.45) is 0. The van der Waals surface area contributed by atoms with E-state index < -0.39 is 17.6 Å². The quantitative estimate of drug-likeness (QED) is 0.788. The second-order valence-electron chi connectivity index (χ2n) is 4.26. The van der Waals surface area contributed by atoms with Gasteiger partial charge in [0.25, 0.3) is 11.5 Å². The average Bonchev–Trinajstić information content (AvgIpc) is 2.73. The molecule has 0 aromatic rings. The third-order valence-corrected chi connectivity index (χ3v) is 3.54. The van der Waals surface area contributed by atoms with Crippen LogP contribution in [0.2, 0.25) is 0 Å². The van der Waals surface area contributed by atoms with Crippen molar-refractivity contribution in [2.45, 2.75) is 25.5 Å². The van der Waals surface area contributed by atoms with Gasteiger partial charge < -0.3 is 10.2 Å². The minimum absolute atomic E-state index is 0.241. The number of alkyl halides is 2. The molecule has 2 amide bonds. The van der Waals surface area contributed by atoms with E-state index in [4.69, 9.17) is 11.6 Å². The summed E-state index contributed by atoms with van der Waals surface area (Å²) in [7, 11) is 0. The first-order chi connectivity index (χ1) is 7.93. The van der Waals surface area contributed by atoms with E-state index in [-0.39, 0.29) is 5.91 Å². The Labute approximate surface area is 109 Å². The lowest BCUT2D eigenvalue weighted by atomic mass is 10.2. The van der Waals surface area contributed by atoms with Gasteiger partial charge >= 0.3 is 0 Å². The van der Waals surface area contributed by atoms with Gasteiger partial charge in [0.15, 0.2) is 0 Å². The molecule has 7 heteroatoms. The third-order valence-electron chi connectivity index (χ3n) is 2.34. The zero-order chi connectivity index (χ0) is 13.0. The monoisotopic (exact) mass is 282 g/mol. The Morgan fingerprint density at radius 1 is 1.59 bits per heavy atom. The van der Waals surface area contributed by atoms with E-state index in [0.29, 0.717) is 24.1 Å². The molecule has 2 unspecified atom stereocenters. The maximum atomic E-state index is 12.7. The van der Waals surface area contributed by atoms with Gasteiger partial charge in [0, 0.05) is 12.3 Å². The van der Waals surface area contributed by atoms with Crippen LogP contribution >= 0.6 is 23.4 Å². The number of nitrogens with one attached hydrogen (secondary N) is 1. The normalized spacial score (nSPS) is 21.7. The zero-order valence-electron chi connectivity index (χ0n) is 9.78. The van der Waals surface area contributed by atoms with Crippen LogP contribution in [0.1, 0.15) is 13.8 Å². The summed E-state index contributed by atoms with van der Waals surface area (Å²) in [5, 5.41) is 2.74. The van der Waals surface area contributed by atoms with Crippen LogP contribution < -0.4 is 5.32 Å². The Hall–Kier alpha value is -0.490. The molecule has 0 aromatic heterocycles. The van der Waals surface area contributed by atoms with Crippen LogP contribution in [0.5, 0.6) is 0 Å². The highest BCUT2D eigenvalue weighted by molar-refractivity contribution is 7.99. The standard InChI is InChI=1S/C10H16ClFN2O2S/c1-6(2)3-13-9(15)7-4-17-5-14(7)10(16)8(11)12/h6-8H,3-5H2,1-2H3,(H,13,15). The van der Waals surface area contributed by atoms with Crippen LogP contribution in [-0.4, -0.2) is 46.6 Å². The molecule has 0 aromatic carbocycles. The SMILES string of the molecule is CC(C)CNC(=O)C1CSCN1C(=O)C(F)Cl. The highest BCUT2D eigenvalue weighted by atomic mass is 35.5. The largest absolute Gasteiger partial charge is 0.354 e. The molecule has 4 nitrogen and oxygen atoms in total. The highest BCUT2D eigenvalue weighted by Crippen LogP contribution is 2.23. The van der Waals surface area contributed by atoms with Crippen LogP contribution in [0.4, 0.5) is 4.39 Å². The Morgan fingerprint density at radius 2 is 2.24 bits per heavy atom. The van der Waals surface area contributed by atoms with Crippen molar-refractivity contribution < 1.29 is 14.0 Å². The van der Waals surface area contributed by atoms with Gasteiger partial charge in [0.2, 0.25) is 5.91 Å². The van der Waals surface area contributed by atoms with E-state index in [0.717, 1.165) is 0 Å². The molecular formula is C10H16ClFN2O2S. The van der Waals surface area contributed by atoms with E-state index in [1.807, 2.05) is 13.8 Å². The average molecular weight is 283 g/mol. The molecule has 98 valence electrons. The van der Waals surface area contributed by atoms with Gasteiger partial charge in [-0.15, -0.1) is 11.8 Å². The second kappa shape index (κ2) is 6.44. The lowest BCUT2D eigenvalue weighted by molar-refractivity contribution is -0.139. The van der Waals surface area contributed by atoms with Crippen molar-refractivity contribution in [1.82, 2.24) is 10.2 Å². The number of thioether (sulfide) groups is 1. The molecule has 0 aliphatic carbocycles. The molecule has 0 bridgehead atoms. The first-order valence-corrected chi connectivity index (χ1v) is 6.96. The maximum Gasteiger partial charge on any atom is 0.274 e. The van der Waals surface area contributed by atoms with Crippen LogP contribution in [-0.2, 0) is 9.59 Å². The second-order valence-corrected chi connectivity index (χ2v) is 5.65. The molecule has 1 aliphatic heterocycles. The number of rotatable bonds is 4. The van der Waals surface area contributed by atoms with Crippen LogP contribution in [0.25, 0.3) is 0 Å². The lowest BCUT2D eigenvalue weighted by Gasteiger charge is -2.23. The summed E-state index contributed by atoms with van der Waals surface area (Å²) in [6.45, 7) is 4.49. The molecule has 0 radical (unpaired) electrons. The van der Waals surface area contributed by atoms with Gasteiger partial charge in [-0.1, -0.05) is 25.4 Å². The maximum absolute atomic E-state index is 12.7. The number of carbonyl (C=O) groups is 2. The first-order valence-electron chi connectivity index (χ1n) is 5.37. The molecule has 1 aliphatic rings. The number of carbonyl (C=O) groups excluding carboxylic acids is 2. The Bertz CT molecular complexity index is 302. The van der Waals surface area contributed by atoms with Gasteiger partial charge in [-0.3, -0.25) is 9.59 Å². The van der Waals surface area contributed by atoms with E-state index >= 15 is 0 Å². The number of nitrogens with zero attached hydrogens (tertiary/aromatic N) is 1. The zero-order valence-corrected chi connectivity index (χ0v) is 11.4. The van der Waals surface area contributed by atoms with Gasteiger partial charge in [0.1, 0.15) is 6.04 Å². The Balaban J connectivity index is 2.57. The van der Waals surface area contributed by atoms with Crippen molar-refractivity contribution in [3.63, 3.8) is 0 Å². The van der Waals surface area contributed by atoms with E-state index in [1.54, 1.807) is 0 Å². The van der Waals surface area contributed by atoms with Crippen molar-refractivity contribution >= 4 is 35.2 Å². The van der Waals surface area contributed by atoms with Gasteiger partial charge in [-0.25, -0.2) is 4.39 Å². The minimum atomic E-state index is -2.07. The molecule has 17 heavy (non-hydrogen) atoms. The fourth-order valence-corrected chi connectivity index (χ4v) is 2.71. The van der Waals surface area contributed by atoms with Gasteiger partial charge in [-0.05, 0) is 5.92 Å². The Kier molecular flexibility index (Phi) is 5.52. The number of amides is 2. The van der Waals surface area contributed by atoms with E-state index in [2.05, 4.69) is 5.32 Å². The van der Waals surface area contributed by atoms with Crippen LogP contribution in [0.15, 0.2) is 0 Å². The summed E-state index contributed by atoms with van der Waals surface area (Å²) in [5.74, 6) is 0.0558. The summed E-state index contributed by atoms with van der Waals surface area (Å²) in [6, 6.07) is -0.608. The van der Waals surface area contributed by atoms with Crippen molar-refractivity contribution in [2.75, 3.05) is 18.2 Å². The molecule has 1 heterocycles. The molecule has 1 fully saturated rings. The molecule has 0 spiro atoms. The fraction of sp³-hybridized carbons (Fsp3) is 0.800. The number of hydrogen-bond acceptors (Lipinski definition) is 3. The predicted molar refractivity (Wildman–Crippen MR) is 66.6 cm³/mol. The summed E-state index contributed by atoms with van der Waals surface area (Å²) >= 11 is 6.52. The van der Waals surface area contributed by atoms with Crippen molar-refractivity contribution in [3.05, 3.63) is 0 Å². The van der Waals surface area contributed by atoms with E-state index in [9.17, 15) is 14.0 Å². The molecule has 0 saturated carbocycles. The molecular weight excluding hydrogens is 267 g/mol. The summed E-state index contributed by atoms with van der Waals surface area (Å²) in [5.41, 5.74) is -2.07. The van der Waals surface area contributed by atoms with Crippen LogP contribution in [0, 0.1) is 5.92 Å².